The molecular formula is C19H22N2O5. The molecule has 0 heterocycles. The number of nitrogens with zero attached hydrogens (tertiary/aromatic N) is 1. The van der Waals surface area contributed by atoms with Crippen LogP contribution in [0.25, 0.3) is 0 Å². The molecular weight excluding hydrogens is 336 g/mol. The summed E-state index contributed by atoms with van der Waals surface area (Å²) in [7, 11) is 1.42. The lowest BCUT2D eigenvalue weighted by Crippen LogP contribution is -2.20. The zero-order chi connectivity index (χ0) is 19.1. The summed E-state index contributed by atoms with van der Waals surface area (Å²) >= 11 is 0. The van der Waals surface area contributed by atoms with Gasteiger partial charge in [-0.2, -0.15) is 0 Å². The van der Waals surface area contributed by atoms with Crippen LogP contribution in [0.5, 0.6) is 11.5 Å². The van der Waals surface area contributed by atoms with Gasteiger partial charge in [0, 0.05) is 11.8 Å². The van der Waals surface area contributed by atoms with E-state index in [1.807, 2.05) is 24.3 Å². The number of nitro benzene ring substituents is 1. The fourth-order valence-electron chi connectivity index (χ4n) is 2.36. The summed E-state index contributed by atoms with van der Waals surface area (Å²) in [4.78, 5) is 22.4. The van der Waals surface area contributed by atoms with Gasteiger partial charge in [-0.15, -0.1) is 0 Å². The van der Waals surface area contributed by atoms with Gasteiger partial charge in [0.15, 0.2) is 18.1 Å². The number of hydrogen-bond acceptors (Lipinski definition) is 5. The SMILES string of the molecule is CCC(C)c1ccc(NC(=O)COc2cc([N+](=O)[O-])ccc2OC)cc1. The number of methoxy groups -OCH3 is 1. The molecule has 1 amide bonds. The van der Waals surface area contributed by atoms with E-state index in [2.05, 4.69) is 19.2 Å². The Kier molecular flexibility index (Phi) is 6.54. The molecule has 0 aromatic heterocycles. The summed E-state index contributed by atoms with van der Waals surface area (Å²) in [6, 6.07) is 11.6. The number of non-ortho nitro benzene ring substituents is 1. The smallest absolute Gasteiger partial charge is 0.273 e. The van der Waals surface area contributed by atoms with Gasteiger partial charge in [0.25, 0.3) is 11.6 Å². The molecule has 0 bridgehead atoms. The first kappa shape index (κ1) is 19.2. The van der Waals surface area contributed by atoms with Gasteiger partial charge in [-0.05, 0) is 36.1 Å². The first-order valence-corrected chi connectivity index (χ1v) is 8.29. The Bertz CT molecular complexity index is 774. The highest BCUT2D eigenvalue weighted by atomic mass is 16.6. The average Bonchev–Trinajstić information content (AvgIpc) is 2.66. The molecule has 1 atom stereocenters. The first-order chi connectivity index (χ1) is 12.4. The van der Waals surface area contributed by atoms with Gasteiger partial charge in [-0.3, -0.25) is 14.9 Å². The largest absolute Gasteiger partial charge is 0.493 e. The van der Waals surface area contributed by atoms with Crippen LogP contribution in [0.2, 0.25) is 0 Å². The van der Waals surface area contributed by atoms with Gasteiger partial charge in [0.05, 0.1) is 18.1 Å². The number of nitrogens with one attached hydrogen (secondary N) is 1. The summed E-state index contributed by atoms with van der Waals surface area (Å²) in [6.45, 7) is 3.98. The molecule has 7 heteroatoms. The molecule has 1 N–H and O–H groups in total. The van der Waals surface area contributed by atoms with Crippen molar-refractivity contribution in [2.24, 2.45) is 0 Å². The zero-order valence-electron chi connectivity index (χ0n) is 15.0. The molecule has 138 valence electrons. The molecule has 0 radical (unpaired) electrons. The van der Waals surface area contributed by atoms with E-state index in [4.69, 9.17) is 9.47 Å². The molecule has 26 heavy (non-hydrogen) atoms. The molecule has 0 spiro atoms. The van der Waals surface area contributed by atoms with E-state index in [-0.39, 0.29) is 24.0 Å². The maximum absolute atomic E-state index is 12.1. The normalized spacial score (nSPS) is 11.5. The minimum absolute atomic E-state index is 0.137. The summed E-state index contributed by atoms with van der Waals surface area (Å²) in [5.41, 5.74) is 1.74. The molecule has 2 rings (SSSR count). The Morgan fingerprint density at radius 3 is 2.46 bits per heavy atom. The Morgan fingerprint density at radius 1 is 1.19 bits per heavy atom. The van der Waals surface area contributed by atoms with E-state index in [0.717, 1.165) is 6.42 Å². The lowest BCUT2D eigenvalue weighted by molar-refractivity contribution is -0.385. The Balaban J connectivity index is 1.98. The van der Waals surface area contributed by atoms with Crippen molar-refractivity contribution in [3.8, 4) is 11.5 Å². The molecule has 2 aromatic rings. The summed E-state index contributed by atoms with van der Waals surface area (Å²) in [5, 5.41) is 13.6. The monoisotopic (exact) mass is 358 g/mol. The van der Waals surface area contributed by atoms with E-state index < -0.39 is 4.92 Å². The fraction of sp³-hybridized carbons (Fsp3) is 0.316. The van der Waals surface area contributed by atoms with Crippen molar-refractivity contribution in [1.82, 2.24) is 0 Å². The third kappa shape index (κ3) is 4.95. The van der Waals surface area contributed by atoms with Crippen LogP contribution in [-0.2, 0) is 4.79 Å². The second-order valence-corrected chi connectivity index (χ2v) is 5.86. The quantitative estimate of drug-likeness (QED) is 0.566. The minimum Gasteiger partial charge on any atom is -0.493 e. The predicted octanol–water partition coefficient (Wildman–Crippen LogP) is 4.13. The van der Waals surface area contributed by atoms with Crippen LogP contribution in [0.3, 0.4) is 0 Å². The number of carbonyl (C=O) groups excluding carboxylic acids is 1. The van der Waals surface area contributed by atoms with Gasteiger partial charge < -0.3 is 14.8 Å². The van der Waals surface area contributed by atoms with Crippen LogP contribution < -0.4 is 14.8 Å². The number of amides is 1. The summed E-state index contributed by atoms with van der Waals surface area (Å²) < 4.78 is 10.5. The topological polar surface area (TPSA) is 90.7 Å². The Morgan fingerprint density at radius 2 is 1.88 bits per heavy atom. The molecule has 1 unspecified atom stereocenters. The highest BCUT2D eigenvalue weighted by Gasteiger charge is 2.14. The Labute approximate surface area is 152 Å². The van der Waals surface area contributed by atoms with Crippen LogP contribution in [-0.4, -0.2) is 24.5 Å². The molecule has 0 aliphatic carbocycles. The van der Waals surface area contributed by atoms with Crippen molar-refractivity contribution in [2.45, 2.75) is 26.2 Å². The van der Waals surface area contributed by atoms with Gasteiger partial charge >= 0.3 is 0 Å². The van der Waals surface area contributed by atoms with E-state index in [1.165, 1.54) is 30.9 Å². The van der Waals surface area contributed by atoms with Crippen molar-refractivity contribution < 1.29 is 19.2 Å². The van der Waals surface area contributed by atoms with Gasteiger partial charge in [-0.25, -0.2) is 0 Å². The van der Waals surface area contributed by atoms with Crippen LogP contribution in [0.1, 0.15) is 31.7 Å². The van der Waals surface area contributed by atoms with Gasteiger partial charge in [0.2, 0.25) is 0 Å². The maximum Gasteiger partial charge on any atom is 0.273 e. The fourth-order valence-corrected chi connectivity index (χ4v) is 2.36. The molecule has 0 saturated heterocycles. The average molecular weight is 358 g/mol. The third-order valence-electron chi connectivity index (χ3n) is 4.09. The second-order valence-electron chi connectivity index (χ2n) is 5.86. The van der Waals surface area contributed by atoms with Gasteiger partial charge in [-0.1, -0.05) is 26.0 Å². The molecule has 2 aromatic carbocycles. The van der Waals surface area contributed by atoms with Crippen molar-refractivity contribution in [2.75, 3.05) is 19.0 Å². The van der Waals surface area contributed by atoms with Crippen molar-refractivity contribution in [3.63, 3.8) is 0 Å². The predicted molar refractivity (Wildman–Crippen MR) is 98.9 cm³/mol. The number of rotatable bonds is 8. The number of benzene rings is 2. The van der Waals surface area contributed by atoms with E-state index in [9.17, 15) is 14.9 Å². The van der Waals surface area contributed by atoms with Crippen LogP contribution in [0, 0.1) is 10.1 Å². The second kappa shape index (κ2) is 8.84. The zero-order valence-corrected chi connectivity index (χ0v) is 15.0. The van der Waals surface area contributed by atoms with Crippen molar-refractivity contribution >= 4 is 17.3 Å². The third-order valence-corrected chi connectivity index (χ3v) is 4.09. The number of ether oxygens (including phenoxy) is 2. The molecule has 0 saturated carbocycles. The van der Waals surface area contributed by atoms with E-state index >= 15 is 0 Å². The number of hydrogen-bond donors (Lipinski definition) is 1. The summed E-state index contributed by atoms with van der Waals surface area (Å²) in [5.74, 6) is 0.560. The van der Waals surface area contributed by atoms with Crippen LogP contribution in [0.4, 0.5) is 11.4 Å². The molecule has 0 aliphatic rings. The molecule has 7 nitrogen and oxygen atoms in total. The lowest BCUT2D eigenvalue weighted by Gasteiger charge is -2.12. The summed E-state index contributed by atoms with van der Waals surface area (Å²) in [6.07, 6.45) is 1.05. The number of carbonyl (C=O) groups is 1. The van der Waals surface area contributed by atoms with E-state index in [1.54, 1.807) is 0 Å². The van der Waals surface area contributed by atoms with Crippen LogP contribution in [0.15, 0.2) is 42.5 Å². The standard InChI is InChI=1S/C19H22N2O5/c1-4-13(2)14-5-7-15(8-6-14)20-19(22)12-26-18-11-16(21(23)24)9-10-17(18)25-3/h5-11,13H,4,12H2,1-3H3,(H,20,22). The van der Waals surface area contributed by atoms with Crippen LogP contribution >= 0.6 is 0 Å². The molecule has 0 aliphatic heterocycles. The number of anilines is 1. The maximum atomic E-state index is 12.1. The minimum atomic E-state index is -0.536. The van der Waals surface area contributed by atoms with Crippen molar-refractivity contribution in [3.05, 3.63) is 58.1 Å². The number of nitro groups is 1. The van der Waals surface area contributed by atoms with Crippen molar-refractivity contribution in [1.29, 1.82) is 0 Å². The highest BCUT2D eigenvalue weighted by molar-refractivity contribution is 5.91. The van der Waals surface area contributed by atoms with Gasteiger partial charge in [0.1, 0.15) is 0 Å². The highest BCUT2D eigenvalue weighted by Crippen LogP contribution is 2.31. The van der Waals surface area contributed by atoms with E-state index in [0.29, 0.717) is 17.4 Å². The molecule has 0 fully saturated rings. The first-order valence-electron chi connectivity index (χ1n) is 8.29. The Hall–Kier alpha value is -3.09. The lowest BCUT2D eigenvalue weighted by atomic mass is 9.99.